The second-order valence-electron chi connectivity index (χ2n) is 17.5. The Bertz CT molecular complexity index is 1900. The molecule has 0 saturated carbocycles. The Kier molecular flexibility index (Phi) is 17.5. The number of hydrogen-bond donors (Lipinski definition) is 0. The summed E-state index contributed by atoms with van der Waals surface area (Å²) in [5.74, 6) is 0.716. The van der Waals surface area contributed by atoms with Crippen molar-refractivity contribution in [1.82, 2.24) is 9.80 Å². The first-order valence-corrected chi connectivity index (χ1v) is 25.5. The van der Waals surface area contributed by atoms with E-state index in [-0.39, 0.29) is 11.8 Å². The lowest BCUT2D eigenvalue weighted by Gasteiger charge is -2.29. The van der Waals surface area contributed by atoms with E-state index in [0.717, 1.165) is 85.4 Å². The number of rotatable bonds is 26. The van der Waals surface area contributed by atoms with Crippen LogP contribution >= 0.6 is 22.7 Å². The highest BCUT2D eigenvalue weighted by Crippen LogP contribution is 2.50. The molecule has 4 heterocycles. The number of aryl methyl sites for hydroxylation is 2. The summed E-state index contributed by atoms with van der Waals surface area (Å²) >= 11 is 3.44. The van der Waals surface area contributed by atoms with Crippen molar-refractivity contribution in [3.8, 4) is 20.9 Å². The van der Waals surface area contributed by atoms with Crippen molar-refractivity contribution in [3.05, 3.63) is 105 Å². The van der Waals surface area contributed by atoms with Gasteiger partial charge in [-0.3, -0.25) is 9.59 Å². The Hall–Kier alpha value is -3.74. The second-order valence-corrected chi connectivity index (χ2v) is 19.6. The van der Waals surface area contributed by atoms with Gasteiger partial charge in [-0.1, -0.05) is 167 Å². The molecule has 2 amide bonds. The van der Waals surface area contributed by atoms with Crippen LogP contribution in [0.5, 0.6) is 0 Å². The van der Waals surface area contributed by atoms with Gasteiger partial charge in [-0.25, -0.2) is 0 Å². The van der Waals surface area contributed by atoms with Crippen molar-refractivity contribution in [2.24, 2.45) is 11.8 Å². The average Bonchev–Trinajstić information content (AvgIpc) is 4.07. The van der Waals surface area contributed by atoms with Crippen LogP contribution in [0.2, 0.25) is 0 Å². The monoisotopic (exact) mass is 845 g/mol. The first-order chi connectivity index (χ1) is 29.3. The number of carbonyl (C=O) groups is 2. The SMILES string of the molecule is CCCCCCc1ccc(-c2ccc(C3=C4C(=O)N(CC(CC)CCCC)C(c5ccc(-c6ccc(CCCCCC)cc6)s5)=C4C(=O)N3CC(CC)CCCC)s2)cc1. The molecule has 0 bridgehead atoms. The Morgan fingerprint density at radius 3 is 1.15 bits per heavy atom. The van der Waals surface area contributed by atoms with E-state index in [9.17, 15) is 0 Å². The van der Waals surface area contributed by atoms with Gasteiger partial charge in [0.1, 0.15) is 0 Å². The van der Waals surface area contributed by atoms with Gasteiger partial charge in [0, 0.05) is 22.8 Å². The van der Waals surface area contributed by atoms with E-state index in [1.54, 1.807) is 22.7 Å². The Balaban J connectivity index is 1.41. The third-order valence-corrected chi connectivity index (χ3v) is 15.2. The van der Waals surface area contributed by atoms with Gasteiger partial charge in [0.2, 0.25) is 0 Å². The first kappa shape index (κ1) is 45.8. The molecule has 60 heavy (non-hydrogen) atoms. The third kappa shape index (κ3) is 11.0. The molecule has 2 aliphatic heterocycles. The van der Waals surface area contributed by atoms with Crippen LogP contribution in [-0.4, -0.2) is 34.7 Å². The van der Waals surface area contributed by atoms with Crippen LogP contribution in [-0.2, 0) is 22.4 Å². The van der Waals surface area contributed by atoms with Crippen molar-refractivity contribution < 1.29 is 9.59 Å². The molecule has 2 aromatic carbocycles. The Morgan fingerprint density at radius 2 is 0.800 bits per heavy atom. The molecule has 0 aliphatic carbocycles. The van der Waals surface area contributed by atoms with Crippen molar-refractivity contribution in [1.29, 1.82) is 0 Å². The molecular weight excluding hydrogens is 773 g/mol. The Labute approximate surface area is 371 Å². The van der Waals surface area contributed by atoms with Crippen LogP contribution < -0.4 is 0 Å². The molecule has 0 radical (unpaired) electrons. The minimum Gasteiger partial charge on any atom is -0.306 e. The number of amides is 2. The van der Waals surface area contributed by atoms with E-state index < -0.39 is 0 Å². The van der Waals surface area contributed by atoms with E-state index in [2.05, 4.69) is 114 Å². The summed E-state index contributed by atoms with van der Waals surface area (Å²) in [6.07, 6.45) is 21.0. The lowest BCUT2D eigenvalue weighted by molar-refractivity contribution is -0.124. The molecule has 4 nitrogen and oxygen atoms in total. The quantitative estimate of drug-likeness (QED) is 0.0591. The van der Waals surface area contributed by atoms with E-state index in [4.69, 9.17) is 0 Å². The standard InChI is InChI=1S/C54H72N2O2S2/c1-7-13-17-19-23-41-25-29-43(30-26-41)45-33-35-47(59-45)51-49-50(54(58)55(51)37-39(11-5)21-15-9-3)52(56(53(49)57)38-40(12-6)22-16-10-4)48-36-34-46(60-48)44-31-27-42(28-32-44)24-20-18-14-8-2/h25-36,39-40H,7-24,37-38H2,1-6H3. The fraction of sp³-hybridized carbons (Fsp3) is 0.519. The molecule has 2 unspecified atom stereocenters. The smallest absolute Gasteiger partial charge is 0.261 e. The normalized spacial score (nSPS) is 15.2. The van der Waals surface area contributed by atoms with Gasteiger partial charge in [-0.2, -0.15) is 0 Å². The molecule has 2 aromatic heterocycles. The second kappa shape index (κ2) is 22.9. The highest BCUT2D eigenvalue weighted by atomic mass is 32.1. The largest absolute Gasteiger partial charge is 0.306 e. The van der Waals surface area contributed by atoms with Gasteiger partial charge in [0.15, 0.2) is 0 Å². The maximum atomic E-state index is 15.2. The predicted octanol–water partition coefficient (Wildman–Crippen LogP) is 15.6. The Morgan fingerprint density at radius 1 is 0.433 bits per heavy atom. The number of carbonyl (C=O) groups excluding carboxylic acids is 2. The number of unbranched alkanes of at least 4 members (excludes halogenated alkanes) is 8. The molecule has 0 fully saturated rings. The molecule has 2 aliphatic rings. The number of thiophene rings is 2. The van der Waals surface area contributed by atoms with Crippen molar-refractivity contribution in [2.45, 2.75) is 157 Å². The number of nitrogens with zero attached hydrogens (tertiary/aromatic N) is 2. The third-order valence-electron chi connectivity index (χ3n) is 12.9. The molecule has 2 atom stereocenters. The maximum absolute atomic E-state index is 15.2. The molecule has 6 rings (SSSR count). The van der Waals surface area contributed by atoms with E-state index in [1.165, 1.54) is 83.4 Å². The fourth-order valence-electron chi connectivity index (χ4n) is 9.03. The fourth-order valence-corrected chi connectivity index (χ4v) is 11.2. The summed E-state index contributed by atoms with van der Waals surface area (Å²) in [6.45, 7) is 14.8. The van der Waals surface area contributed by atoms with Crippen LogP contribution in [0.4, 0.5) is 0 Å². The zero-order valence-corrected chi connectivity index (χ0v) is 39.4. The van der Waals surface area contributed by atoms with Crippen LogP contribution in [0, 0.1) is 11.8 Å². The summed E-state index contributed by atoms with van der Waals surface area (Å²) in [7, 11) is 0. The van der Waals surface area contributed by atoms with Crippen LogP contribution in [0.25, 0.3) is 32.3 Å². The lowest BCUT2D eigenvalue weighted by Crippen LogP contribution is -2.34. The van der Waals surface area contributed by atoms with Gasteiger partial charge in [-0.05, 0) is 96.9 Å². The van der Waals surface area contributed by atoms with E-state index in [0.29, 0.717) is 36.1 Å². The van der Waals surface area contributed by atoms with Crippen LogP contribution in [0.3, 0.4) is 0 Å². The summed E-state index contributed by atoms with van der Waals surface area (Å²) < 4.78 is 0. The van der Waals surface area contributed by atoms with E-state index in [1.807, 2.05) is 9.80 Å². The summed E-state index contributed by atoms with van der Waals surface area (Å²) in [6, 6.07) is 26.8. The number of fused-ring (bicyclic) bond motifs is 1. The van der Waals surface area contributed by atoms with Gasteiger partial charge in [0.05, 0.1) is 32.3 Å². The average molecular weight is 845 g/mol. The lowest BCUT2D eigenvalue weighted by atomic mass is 9.98. The van der Waals surface area contributed by atoms with Crippen molar-refractivity contribution in [3.63, 3.8) is 0 Å². The summed E-state index contributed by atoms with van der Waals surface area (Å²) in [5.41, 5.74) is 8.03. The van der Waals surface area contributed by atoms with Crippen LogP contribution in [0.1, 0.15) is 165 Å². The number of benzene rings is 2. The number of hydrogen-bond acceptors (Lipinski definition) is 4. The maximum Gasteiger partial charge on any atom is 0.261 e. The van der Waals surface area contributed by atoms with Crippen molar-refractivity contribution >= 4 is 45.9 Å². The molecule has 0 saturated heterocycles. The predicted molar refractivity (Wildman–Crippen MR) is 259 cm³/mol. The minimum atomic E-state index is -0.00726. The molecule has 0 N–H and O–H groups in total. The zero-order chi connectivity index (χ0) is 42.4. The first-order valence-electron chi connectivity index (χ1n) is 23.9. The summed E-state index contributed by atoms with van der Waals surface area (Å²) in [4.78, 5) is 38.9. The van der Waals surface area contributed by atoms with Gasteiger partial charge in [0.25, 0.3) is 11.8 Å². The highest BCUT2D eigenvalue weighted by Gasteiger charge is 2.50. The van der Waals surface area contributed by atoms with Gasteiger partial charge < -0.3 is 9.80 Å². The molecule has 322 valence electrons. The summed E-state index contributed by atoms with van der Waals surface area (Å²) in [5, 5.41) is 0. The highest BCUT2D eigenvalue weighted by molar-refractivity contribution is 7.17. The molecule has 6 heteroatoms. The van der Waals surface area contributed by atoms with Gasteiger partial charge in [-0.15, -0.1) is 22.7 Å². The zero-order valence-electron chi connectivity index (χ0n) is 37.8. The molecular formula is C54H72N2O2S2. The topological polar surface area (TPSA) is 40.6 Å². The van der Waals surface area contributed by atoms with Gasteiger partial charge >= 0.3 is 0 Å². The minimum absolute atomic E-state index is 0.00726. The molecule has 0 spiro atoms. The molecule has 4 aromatic rings. The van der Waals surface area contributed by atoms with Crippen LogP contribution in [0.15, 0.2) is 83.9 Å². The van der Waals surface area contributed by atoms with E-state index >= 15 is 9.59 Å². The van der Waals surface area contributed by atoms with Crippen molar-refractivity contribution in [2.75, 3.05) is 13.1 Å².